The molecule has 0 radical (unpaired) electrons. The molecule has 1 heterocycles. The van der Waals surface area contributed by atoms with Crippen LogP contribution in [0.15, 0.2) is 23.4 Å². The topological polar surface area (TPSA) is 89.3 Å². The van der Waals surface area contributed by atoms with Crippen LogP contribution in [0.3, 0.4) is 0 Å². The molecule has 6 nitrogen and oxygen atoms in total. The Morgan fingerprint density at radius 1 is 1.40 bits per heavy atom. The third kappa shape index (κ3) is 2.46. The van der Waals surface area contributed by atoms with Gasteiger partial charge in [-0.2, -0.15) is 5.10 Å². The average Bonchev–Trinajstić information content (AvgIpc) is 2.89. The first-order chi connectivity index (χ1) is 9.62. The number of amidine groups is 1. The van der Waals surface area contributed by atoms with E-state index in [9.17, 15) is 0 Å². The molecular weight excluding hydrogens is 278 g/mol. The number of nitrogens with zero attached hydrogens (tertiary/aromatic N) is 4. The zero-order chi connectivity index (χ0) is 14.7. The van der Waals surface area contributed by atoms with Crippen LogP contribution in [-0.2, 0) is 12.8 Å². The van der Waals surface area contributed by atoms with Gasteiger partial charge in [0.2, 0.25) is 0 Å². The Morgan fingerprint density at radius 3 is 2.75 bits per heavy atom. The standard InChI is InChI=1S/C13H16ClN5O/c1-3-10-16-11(4-2)19(17-10)9-7-5-6-8(14)12(9)13(15)18-20/h5-7,20H,3-4H2,1-2H3,(H2,15,18). The molecule has 0 aliphatic heterocycles. The Bertz CT molecular complexity index is 650. The minimum atomic E-state index is -0.0544. The molecule has 0 spiro atoms. The highest BCUT2D eigenvalue weighted by atomic mass is 35.5. The molecule has 106 valence electrons. The van der Waals surface area contributed by atoms with Crippen molar-refractivity contribution in [1.82, 2.24) is 14.8 Å². The molecule has 0 fully saturated rings. The molecule has 0 aliphatic carbocycles. The molecule has 0 saturated carbocycles. The van der Waals surface area contributed by atoms with E-state index in [-0.39, 0.29) is 5.84 Å². The Morgan fingerprint density at radius 2 is 2.15 bits per heavy atom. The average molecular weight is 294 g/mol. The van der Waals surface area contributed by atoms with Gasteiger partial charge in [-0.05, 0) is 12.1 Å². The third-order valence-corrected chi connectivity index (χ3v) is 3.25. The Kier molecular flexibility index (Phi) is 4.24. The van der Waals surface area contributed by atoms with Gasteiger partial charge in [0.05, 0.1) is 16.3 Å². The van der Waals surface area contributed by atoms with Crippen molar-refractivity contribution < 1.29 is 5.21 Å². The lowest BCUT2D eigenvalue weighted by Gasteiger charge is -2.11. The third-order valence-electron chi connectivity index (χ3n) is 2.93. The lowest BCUT2D eigenvalue weighted by molar-refractivity contribution is 0.318. The van der Waals surface area contributed by atoms with Crippen molar-refractivity contribution in [2.75, 3.05) is 0 Å². The van der Waals surface area contributed by atoms with Crippen molar-refractivity contribution in [1.29, 1.82) is 0 Å². The summed E-state index contributed by atoms with van der Waals surface area (Å²) in [6, 6.07) is 5.28. The number of rotatable bonds is 4. The minimum absolute atomic E-state index is 0.0544. The lowest BCUT2D eigenvalue weighted by atomic mass is 10.1. The minimum Gasteiger partial charge on any atom is -0.409 e. The fourth-order valence-electron chi connectivity index (χ4n) is 1.96. The van der Waals surface area contributed by atoms with E-state index < -0.39 is 0 Å². The molecule has 0 amide bonds. The summed E-state index contributed by atoms with van der Waals surface area (Å²) < 4.78 is 1.69. The van der Waals surface area contributed by atoms with Gasteiger partial charge in [-0.3, -0.25) is 0 Å². The second-order valence-electron chi connectivity index (χ2n) is 4.18. The van der Waals surface area contributed by atoms with Crippen LogP contribution >= 0.6 is 11.6 Å². The van der Waals surface area contributed by atoms with Gasteiger partial charge in [0, 0.05) is 12.8 Å². The smallest absolute Gasteiger partial charge is 0.173 e. The van der Waals surface area contributed by atoms with Gasteiger partial charge in [-0.1, -0.05) is 36.7 Å². The number of aromatic nitrogens is 3. The highest BCUT2D eigenvalue weighted by molar-refractivity contribution is 6.34. The number of oxime groups is 1. The molecule has 0 saturated heterocycles. The van der Waals surface area contributed by atoms with Gasteiger partial charge in [-0.25, -0.2) is 9.67 Å². The summed E-state index contributed by atoms with van der Waals surface area (Å²) in [5.41, 5.74) is 6.81. The first-order valence-electron chi connectivity index (χ1n) is 6.33. The number of nitrogens with two attached hydrogens (primary N) is 1. The summed E-state index contributed by atoms with van der Waals surface area (Å²) in [6.07, 6.45) is 1.45. The zero-order valence-corrected chi connectivity index (χ0v) is 12.1. The van der Waals surface area contributed by atoms with Gasteiger partial charge in [-0.15, -0.1) is 0 Å². The van der Waals surface area contributed by atoms with Crippen LogP contribution in [-0.4, -0.2) is 25.8 Å². The quantitative estimate of drug-likeness (QED) is 0.391. The largest absolute Gasteiger partial charge is 0.409 e. The highest BCUT2D eigenvalue weighted by Crippen LogP contribution is 2.24. The van der Waals surface area contributed by atoms with Crippen LogP contribution in [0.4, 0.5) is 0 Å². The van der Waals surface area contributed by atoms with Gasteiger partial charge < -0.3 is 10.9 Å². The molecule has 2 rings (SSSR count). The number of halogens is 1. The molecule has 1 aromatic heterocycles. The number of hydrogen-bond acceptors (Lipinski definition) is 4. The molecule has 7 heteroatoms. The van der Waals surface area contributed by atoms with Crippen molar-refractivity contribution in [3.8, 4) is 5.69 Å². The summed E-state index contributed by atoms with van der Waals surface area (Å²) in [5, 5.41) is 16.8. The Balaban J connectivity index is 2.69. The van der Waals surface area contributed by atoms with E-state index >= 15 is 0 Å². The second kappa shape index (κ2) is 5.92. The summed E-state index contributed by atoms with van der Waals surface area (Å²) in [4.78, 5) is 4.45. The monoisotopic (exact) mass is 293 g/mol. The van der Waals surface area contributed by atoms with E-state index in [4.69, 9.17) is 22.5 Å². The highest BCUT2D eigenvalue weighted by Gasteiger charge is 2.17. The molecule has 0 unspecified atom stereocenters. The van der Waals surface area contributed by atoms with Gasteiger partial charge in [0.1, 0.15) is 5.82 Å². The number of hydrogen-bond donors (Lipinski definition) is 2. The van der Waals surface area contributed by atoms with Crippen LogP contribution < -0.4 is 5.73 Å². The fraction of sp³-hybridized carbons (Fsp3) is 0.308. The first-order valence-corrected chi connectivity index (χ1v) is 6.71. The predicted molar refractivity (Wildman–Crippen MR) is 77.6 cm³/mol. The zero-order valence-electron chi connectivity index (χ0n) is 11.3. The van der Waals surface area contributed by atoms with Crippen LogP contribution in [0.25, 0.3) is 5.69 Å². The van der Waals surface area contributed by atoms with E-state index in [0.717, 1.165) is 24.5 Å². The van der Waals surface area contributed by atoms with E-state index in [1.807, 2.05) is 19.9 Å². The van der Waals surface area contributed by atoms with Crippen molar-refractivity contribution in [3.05, 3.63) is 40.4 Å². The van der Waals surface area contributed by atoms with E-state index in [0.29, 0.717) is 16.3 Å². The fourth-order valence-corrected chi connectivity index (χ4v) is 2.22. The van der Waals surface area contributed by atoms with Crippen LogP contribution in [0.2, 0.25) is 5.02 Å². The van der Waals surface area contributed by atoms with Crippen LogP contribution in [0.5, 0.6) is 0 Å². The number of aryl methyl sites for hydroxylation is 2. The number of benzene rings is 1. The van der Waals surface area contributed by atoms with Crippen molar-refractivity contribution in [3.63, 3.8) is 0 Å². The molecular formula is C13H16ClN5O. The lowest BCUT2D eigenvalue weighted by Crippen LogP contribution is -2.18. The molecule has 0 bridgehead atoms. The van der Waals surface area contributed by atoms with E-state index in [1.165, 1.54) is 0 Å². The van der Waals surface area contributed by atoms with Gasteiger partial charge in [0.15, 0.2) is 11.7 Å². The first kappa shape index (κ1) is 14.3. The Hall–Kier alpha value is -2.08. The maximum Gasteiger partial charge on any atom is 0.173 e. The van der Waals surface area contributed by atoms with Crippen molar-refractivity contribution in [2.24, 2.45) is 10.9 Å². The van der Waals surface area contributed by atoms with E-state index in [2.05, 4.69) is 15.2 Å². The normalized spacial score (nSPS) is 11.8. The Labute approximate surface area is 121 Å². The molecule has 0 aliphatic rings. The van der Waals surface area contributed by atoms with Crippen LogP contribution in [0.1, 0.15) is 31.1 Å². The SMILES string of the molecule is CCc1nc(CC)n(-c2cccc(Cl)c2C(N)=NO)n1. The van der Waals surface area contributed by atoms with Gasteiger partial charge in [0.25, 0.3) is 0 Å². The summed E-state index contributed by atoms with van der Waals surface area (Å²) in [6.45, 7) is 3.98. The predicted octanol–water partition coefficient (Wildman–Crippen LogP) is 2.14. The molecule has 20 heavy (non-hydrogen) atoms. The van der Waals surface area contributed by atoms with Crippen LogP contribution in [0, 0.1) is 0 Å². The molecule has 1 aromatic carbocycles. The summed E-state index contributed by atoms with van der Waals surface area (Å²) >= 11 is 6.16. The van der Waals surface area contributed by atoms with E-state index in [1.54, 1.807) is 16.8 Å². The van der Waals surface area contributed by atoms with Crippen molar-refractivity contribution >= 4 is 17.4 Å². The summed E-state index contributed by atoms with van der Waals surface area (Å²) in [7, 11) is 0. The van der Waals surface area contributed by atoms with Crippen molar-refractivity contribution in [2.45, 2.75) is 26.7 Å². The second-order valence-corrected chi connectivity index (χ2v) is 4.59. The maximum atomic E-state index is 8.92. The molecule has 3 N–H and O–H groups in total. The molecule has 0 atom stereocenters. The summed E-state index contributed by atoms with van der Waals surface area (Å²) in [5.74, 6) is 1.49. The van der Waals surface area contributed by atoms with Gasteiger partial charge >= 0.3 is 0 Å². The maximum absolute atomic E-state index is 8.92. The molecule has 2 aromatic rings.